The number of phenolic OH excluding ortho intramolecular Hbond substituents is 1. The Morgan fingerprint density at radius 2 is 1.90 bits per heavy atom. The Hall–Kier alpha value is -2.82. The number of aromatic hydroxyl groups is 1. The van der Waals surface area contributed by atoms with E-state index in [4.69, 9.17) is 4.74 Å². The predicted octanol–water partition coefficient (Wildman–Crippen LogP) is 2.58. The van der Waals surface area contributed by atoms with Crippen LogP contribution in [0, 0.1) is 0 Å². The SMILES string of the molecule is COc1cc(C=O)c(-c2ccccc2C(=O)O)cc1O. The van der Waals surface area contributed by atoms with E-state index in [9.17, 15) is 19.8 Å². The summed E-state index contributed by atoms with van der Waals surface area (Å²) in [4.78, 5) is 22.4. The summed E-state index contributed by atoms with van der Waals surface area (Å²) in [5.41, 5.74) is 1.00. The van der Waals surface area contributed by atoms with Crippen LogP contribution in [0.25, 0.3) is 11.1 Å². The Kier molecular flexibility index (Phi) is 3.70. The van der Waals surface area contributed by atoms with Crippen molar-refractivity contribution in [1.82, 2.24) is 0 Å². The number of aromatic carboxylic acids is 1. The van der Waals surface area contributed by atoms with Crippen molar-refractivity contribution >= 4 is 12.3 Å². The van der Waals surface area contributed by atoms with Crippen molar-refractivity contribution < 1.29 is 24.5 Å². The van der Waals surface area contributed by atoms with Gasteiger partial charge in [0, 0.05) is 5.56 Å². The summed E-state index contributed by atoms with van der Waals surface area (Å²) in [6, 6.07) is 8.97. The second-order valence-corrected chi connectivity index (χ2v) is 4.08. The second kappa shape index (κ2) is 5.44. The maximum atomic E-state index is 11.2. The molecule has 0 bridgehead atoms. The standard InChI is InChI=1S/C15H12O5/c1-20-14-6-9(8-16)12(7-13(14)17)10-4-2-3-5-11(10)15(18)19/h2-8,17H,1H3,(H,18,19). The molecule has 0 saturated heterocycles. The Balaban J connectivity index is 2.73. The molecule has 0 saturated carbocycles. The molecule has 2 N–H and O–H groups in total. The van der Waals surface area contributed by atoms with Gasteiger partial charge in [0.1, 0.15) is 0 Å². The minimum atomic E-state index is -1.10. The molecule has 0 aromatic heterocycles. The van der Waals surface area contributed by atoms with Crippen molar-refractivity contribution in [1.29, 1.82) is 0 Å². The summed E-state index contributed by atoms with van der Waals surface area (Å²) < 4.78 is 4.93. The van der Waals surface area contributed by atoms with Crippen LogP contribution in [0.1, 0.15) is 20.7 Å². The molecule has 0 unspecified atom stereocenters. The van der Waals surface area contributed by atoms with E-state index in [0.29, 0.717) is 17.4 Å². The number of aldehydes is 1. The number of methoxy groups -OCH3 is 1. The minimum Gasteiger partial charge on any atom is -0.504 e. The van der Waals surface area contributed by atoms with Crippen molar-refractivity contribution in [3.05, 3.63) is 47.5 Å². The summed E-state index contributed by atoms with van der Waals surface area (Å²) in [6.45, 7) is 0. The lowest BCUT2D eigenvalue weighted by Crippen LogP contribution is -2.01. The van der Waals surface area contributed by atoms with Gasteiger partial charge < -0.3 is 14.9 Å². The molecule has 0 radical (unpaired) electrons. The smallest absolute Gasteiger partial charge is 0.336 e. The van der Waals surface area contributed by atoms with Crippen LogP contribution < -0.4 is 4.74 Å². The van der Waals surface area contributed by atoms with E-state index < -0.39 is 5.97 Å². The van der Waals surface area contributed by atoms with Crippen LogP contribution >= 0.6 is 0 Å². The number of carboxylic acid groups (broad SMARTS) is 1. The maximum absolute atomic E-state index is 11.2. The van der Waals surface area contributed by atoms with Gasteiger partial charge >= 0.3 is 5.97 Å². The summed E-state index contributed by atoms with van der Waals surface area (Å²) >= 11 is 0. The molecule has 2 rings (SSSR count). The van der Waals surface area contributed by atoms with Gasteiger partial charge in [0.2, 0.25) is 0 Å². The summed E-state index contributed by atoms with van der Waals surface area (Å²) in [6.07, 6.45) is 0.593. The summed E-state index contributed by atoms with van der Waals surface area (Å²) in [5.74, 6) is -1.11. The molecule has 0 amide bonds. The molecule has 5 nitrogen and oxygen atoms in total. The molecule has 102 valence electrons. The number of ether oxygens (including phenoxy) is 1. The molecule has 0 aliphatic rings. The molecule has 2 aromatic carbocycles. The zero-order chi connectivity index (χ0) is 14.7. The first kappa shape index (κ1) is 13.6. The number of hydrogen-bond acceptors (Lipinski definition) is 4. The third-order valence-electron chi connectivity index (χ3n) is 2.93. The van der Waals surface area contributed by atoms with Gasteiger partial charge in [-0.3, -0.25) is 4.79 Å². The van der Waals surface area contributed by atoms with E-state index in [-0.39, 0.29) is 22.6 Å². The monoisotopic (exact) mass is 272 g/mol. The molecule has 0 spiro atoms. The van der Waals surface area contributed by atoms with E-state index in [1.807, 2.05) is 0 Å². The lowest BCUT2D eigenvalue weighted by Gasteiger charge is -2.11. The Morgan fingerprint density at radius 3 is 2.50 bits per heavy atom. The zero-order valence-electron chi connectivity index (χ0n) is 10.7. The van der Waals surface area contributed by atoms with E-state index in [2.05, 4.69) is 0 Å². The van der Waals surface area contributed by atoms with Gasteiger partial charge in [0.15, 0.2) is 17.8 Å². The van der Waals surface area contributed by atoms with Crippen LogP contribution in [0.5, 0.6) is 11.5 Å². The Morgan fingerprint density at radius 1 is 1.20 bits per heavy atom. The number of carbonyl (C=O) groups is 2. The largest absolute Gasteiger partial charge is 0.504 e. The van der Waals surface area contributed by atoms with Crippen molar-refractivity contribution in [2.75, 3.05) is 7.11 Å². The van der Waals surface area contributed by atoms with Crippen LogP contribution in [-0.2, 0) is 0 Å². The lowest BCUT2D eigenvalue weighted by molar-refractivity contribution is 0.0697. The van der Waals surface area contributed by atoms with Crippen LogP contribution in [0.15, 0.2) is 36.4 Å². The number of carboxylic acids is 1. The first-order valence-electron chi connectivity index (χ1n) is 5.77. The molecule has 0 fully saturated rings. The number of rotatable bonds is 4. The molecule has 0 aliphatic carbocycles. The quantitative estimate of drug-likeness (QED) is 0.836. The number of hydrogen-bond donors (Lipinski definition) is 2. The average Bonchev–Trinajstić information content (AvgIpc) is 2.46. The van der Waals surface area contributed by atoms with Crippen molar-refractivity contribution in [2.24, 2.45) is 0 Å². The highest BCUT2D eigenvalue weighted by Crippen LogP contribution is 2.35. The Bertz CT molecular complexity index is 676. The highest BCUT2D eigenvalue weighted by molar-refractivity contribution is 5.99. The fourth-order valence-corrected chi connectivity index (χ4v) is 1.98. The number of phenols is 1. The third-order valence-corrected chi connectivity index (χ3v) is 2.93. The topological polar surface area (TPSA) is 83.8 Å². The Labute approximate surface area is 115 Å². The zero-order valence-corrected chi connectivity index (χ0v) is 10.7. The van der Waals surface area contributed by atoms with Gasteiger partial charge in [-0.2, -0.15) is 0 Å². The van der Waals surface area contributed by atoms with E-state index in [1.165, 1.54) is 25.3 Å². The van der Waals surface area contributed by atoms with Gasteiger partial charge in [-0.05, 0) is 29.3 Å². The lowest BCUT2D eigenvalue weighted by atomic mass is 9.95. The van der Waals surface area contributed by atoms with Crippen LogP contribution in [0.4, 0.5) is 0 Å². The molecule has 0 atom stereocenters. The fraction of sp³-hybridized carbons (Fsp3) is 0.0667. The molecular formula is C15H12O5. The first-order chi connectivity index (χ1) is 9.58. The molecule has 0 heterocycles. The van der Waals surface area contributed by atoms with E-state index in [1.54, 1.807) is 18.2 Å². The third kappa shape index (κ3) is 2.33. The van der Waals surface area contributed by atoms with Crippen LogP contribution in [-0.4, -0.2) is 29.6 Å². The molecule has 2 aromatic rings. The molecule has 5 heteroatoms. The van der Waals surface area contributed by atoms with Gasteiger partial charge in [0.25, 0.3) is 0 Å². The predicted molar refractivity (Wildman–Crippen MR) is 72.4 cm³/mol. The normalized spacial score (nSPS) is 10.1. The van der Waals surface area contributed by atoms with Crippen molar-refractivity contribution in [2.45, 2.75) is 0 Å². The van der Waals surface area contributed by atoms with Crippen LogP contribution in [0.2, 0.25) is 0 Å². The maximum Gasteiger partial charge on any atom is 0.336 e. The molecule has 0 aliphatic heterocycles. The van der Waals surface area contributed by atoms with Crippen molar-refractivity contribution in [3.8, 4) is 22.6 Å². The average molecular weight is 272 g/mol. The van der Waals surface area contributed by atoms with Gasteiger partial charge in [-0.25, -0.2) is 4.79 Å². The van der Waals surface area contributed by atoms with E-state index in [0.717, 1.165) is 0 Å². The fourth-order valence-electron chi connectivity index (χ4n) is 1.98. The minimum absolute atomic E-state index is 0.0557. The van der Waals surface area contributed by atoms with Crippen LogP contribution in [0.3, 0.4) is 0 Å². The molecule has 20 heavy (non-hydrogen) atoms. The van der Waals surface area contributed by atoms with Gasteiger partial charge in [-0.15, -0.1) is 0 Å². The number of carbonyl (C=O) groups excluding carboxylic acids is 1. The number of benzene rings is 2. The summed E-state index contributed by atoms with van der Waals surface area (Å²) in [5, 5.41) is 19.0. The van der Waals surface area contributed by atoms with E-state index >= 15 is 0 Å². The highest BCUT2D eigenvalue weighted by atomic mass is 16.5. The highest BCUT2D eigenvalue weighted by Gasteiger charge is 2.16. The second-order valence-electron chi connectivity index (χ2n) is 4.08. The molecular weight excluding hydrogens is 260 g/mol. The van der Waals surface area contributed by atoms with Gasteiger partial charge in [0.05, 0.1) is 12.7 Å². The van der Waals surface area contributed by atoms with Gasteiger partial charge in [-0.1, -0.05) is 18.2 Å². The van der Waals surface area contributed by atoms with Crippen molar-refractivity contribution in [3.63, 3.8) is 0 Å². The first-order valence-corrected chi connectivity index (χ1v) is 5.77. The summed E-state index contributed by atoms with van der Waals surface area (Å²) in [7, 11) is 1.37.